The van der Waals surface area contributed by atoms with Crippen LogP contribution in [0.3, 0.4) is 0 Å². The number of aryl methyl sites for hydroxylation is 1. The molecule has 2 saturated heterocycles. The predicted octanol–water partition coefficient (Wildman–Crippen LogP) is 1.08. The second kappa shape index (κ2) is 5.94. The number of ether oxygens (including phenoxy) is 1. The highest BCUT2D eigenvalue weighted by molar-refractivity contribution is 5.91. The molecule has 0 aliphatic carbocycles. The number of aromatic carboxylic acids is 1. The van der Waals surface area contributed by atoms with Crippen LogP contribution in [0.2, 0.25) is 0 Å². The van der Waals surface area contributed by atoms with E-state index in [0.717, 1.165) is 0 Å². The summed E-state index contributed by atoms with van der Waals surface area (Å²) in [5.41, 5.74) is 0.352. The fourth-order valence-corrected chi connectivity index (χ4v) is 4.10. The number of nitrogens with zero attached hydrogens (tertiary/aromatic N) is 4. The Labute approximate surface area is 149 Å². The van der Waals surface area contributed by atoms with Crippen LogP contribution in [0, 0.1) is 11.3 Å². The lowest BCUT2D eigenvalue weighted by Crippen LogP contribution is -2.44. The van der Waals surface area contributed by atoms with E-state index >= 15 is 0 Å². The number of carboxylic acids is 2. The van der Waals surface area contributed by atoms with Crippen molar-refractivity contribution < 1.29 is 24.5 Å². The van der Waals surface area contributed by atoms with E-state index in [9.17, 15) is 14.7 Å². The van der Waals surface area contributed by atoms with Crippen molar-refractivity contribution in [2.45, 2.75) is 19.9 Å². The van der Waals surface area contributed by atoms with Crippen molar-refractivity contribution in [1.82, 2.24) is 14.5 Å². The van der Waals surface area contributed by atoms with E-state index in [1.165, 1.54) is 12.3 Å². The predicted molar refractivity (Wildman–Crippen MR) is 91.4 cm³/mol. The first-order chi connectivity index (χ1) is 12.5. The number of carbonyl (C=O) groups is 2. The molecule has 138 valence electrons. The zero-order chi connectivity index (χ0) is 18.5. The van der Waals surface area contributed by atoms with Crippen molar-refractivity contribution in [2.24, 2.45) is 11.3 Å². The second-order valence-corrected chi connectivity index (χ2v) is 6.89. The lowest BCUT2D eigenvalue weighted by Gasteiger charge is -2.33. The van der Waals surface area contributed by atoms with E-state index in [1.54, 1.807) is 0 Å². The quantitative estimate of drug-likeness (QED) is 0.831. The van der Waals surface area contributed by atoms with Crippen LogP contribution in [-0.4, -0.2) is 63.0 Å². The number of rotatable bonds is 4. The van der Waals surface area contributed by atoms with Gasteiger partial charge in [-0.05, 0) is 19.4 Å². The van der Waals surface area contributed by atoms with Crippen molar-refractivity contribution in [3.8, 4) is 0 Å². The van der Waals surface area contributed by atoms with Gasteiger partial charge in [0.2, 0.25) is 5.95 Å². The van der Waals surface area contributed by atoms with Crippen LogP contribution in [0.4, 0.5) is 5.95 Å². The summed E-state index contributed by atoms with van der Waals surface area (Å²) in [4.78, 5) is 34.0. The molecular weight excluding hydrogens is 340 g/mol. The first kappa shape index (κ1) is 16.8. The van der Waals surface area contributed by atoms with Crippen molar-refractivity contribution in [1.29, 1.82) is 0 Å². The van der Waals surface area contributed by atoms with Gasteiger partial charge in [0.1, 0.15) is 5.52 Å². The molecule has 2 fully saturated rings. The first-order valence-corrected chi connectivity index (χ1v) is 8.62. The molecule has 2 aromatic rings. The fraction of sp³-hybridized carbons (Fsp3) is 0.529. The number of carboxylic acid groups (broad SMARTS) is 2. The van der Waals surface area contributed by atoms with Crippen LogP contribution in [0.1, 0.15) is 23.7 Å². The third-order valence-electron chi connectivity index (χ3n) is 5.54. The van der Waals surface area contributed by atoms with Gasteiger partial charge in [-0.15, -0.1) is 0 Å². The number of anilines is 1. The molecular formula is C17H20N4O5. The highest BCUT2D eigenvalue weighted by Gasteiger charge is 2.54. The van der Waals surface area contributed by atoms with Crippen LogP contribution in [0.15, 0.2) is 12.3 Å². The molecule has 2 aromatic heterocycles. The van der Waals surface area contributed by atoms with Crippen LogP contribution in [0.5, 0.6) is 0 Å². The summed E-state index contributed by atoms with van der Waals surface area (Å²) in [5.74, 6) is -1.31. The zero-order valence-electron chi connectivity index (χ0n) is 14.4. The first-order valence-electron chi connectivity index (χ1n) is 8.62. The third kappa shape index (κ3) is 2.34. The smallest absolute Gasteiger partial charge is 0.337 e. The van der Waals surface area contributed by atoms with Gasteiger partial charge >= 0.3 is 11.9 Å². The van der Waals surface area contributed by atoms with Crippen LogP contribution >= 0.6 is 0 Å². The fourth-order valence-electron chi connectivity index (χ4n) is 4.10. The monoisotopic (exact) mass is 360 g/mol. The number of fused-ring (bicyclic) bond motifs is 2. The van der Waals surface area contributed by atoms with E-state index < -0.39 is 17.4 Å². The molecule has 0 aromatic carbocycles. The Morgan fingerprint density at radius 3 is 2.88 bits per heavy atom. The summed E-state index contributed by atoms with van der Waals surface area (Å²) in [6.07, 6.45) is 1.80. The maximum absolute atomic E-state index is 12.0. The van der Waals surface area contributed by atoms with Crippen molar-refractivity contribution in [2.75, 3.05) is 31.2 Å². The molecule has 0 bridgehead atoms. The molecule has 0 radical (unpaired) electrons. The molecule has 0 unspecified atom stereocenters. The van der Waals surface area contributed by atoms with Crippen LogP contribution in [0.25, 0.3) is 11.2 Å². The lowest BCUT2D eigenvalue weighted by atomic mass is 9.74. The Morgan fingerprint density at radius 2 is 2.23 bits per heavy atom. The zero-order valence-corrected chi connectivity index (χ0v) is 14.4. The normalized spacial score (nSPS) is 25.4. The molecule has 9 nitrogen and oxygen atoms in total. The Hall–Kier alpha value is -2.68. The summed E-state index contributed by atoms with van der Waals surface area (Å²) >= 11 is 0. The standard InChI is InChI=1S/C17H20N4O5/c1-2-21-13-12(5-10(6-18-13)14(22)23)19-16(21)20-7-11-8-26-4-3-17(11,9-20)15(24)25/h5-6,11H,2-4,7-9H2,1H3,(H,22,23)(H,24,25)/t11-,17+/m1/s1. The average Bonchev–Trinajstić information content (AvgIpc) is 3.19. The number of aliphatic carboxylic acids is 1. The minimum absolute atomic E-state index is 0.0790. The Bertz CT molecular complexity index is 895. The van der Waals surface area contributed by atoms with Gasteiger partial charge in [-0.25, -0.2) is 14.8 Å². The van der Waals surface area contributed by atoms with Gasteiger partial charge in [-0.3, -0.25) is 9.36 Å². The maximum atomic E-state index is 12.0. The highest BCUT2D eigenvalue weighted by Crippen LogP contribution is 2.44. The number of hydrogen-bond donors (Lipinski definition) is 2. The largest absolute Gasteiger partial charge is 0.481 e. The molecule has 0 saturated carbocycles. The molecule has 26 heavy (non-hydrogen) atoms. The van der Waals surface area contributed by atoms with Gasteiger partial charge in [-0.1, -0.05) is 0 Å². The lowest BCUT2D eigenvalue weighted by molar-refractivity contribution is -0.157. The summed E-state index contributed by atoms with van der Waals surface area (Å²) < 4.78 is 7.40. The molecule has 0 spiro atoms. The summed E-state index contributed by atoms with van der Waals surface area (Å²) in [5, 5.41) is 19.0. The summed E-state index contributed by atoms with van der Waals surface area (Å²) in [6.45, 7) is 4.34. The van der Waals surface area contributed by atoms with Crippen molar-refractivity contribution in [3.63, 3.8) is 0 Å². The molecule has 0 amide bonds. The molecule has 2 aliphatic rings. The number of pyridine rings is 1. The topological polar surface area (TPSA) is 118 Å². The second-order valence-electron chi connectivity index (χ2n) is 6.89. The van der Waals surface area contributed by atoms with Crippen molar-refractivity contribution >= 4 is 29.1 Å². The maximum Gasteiger partial charge on any atom is 0.337 e. The molecule has 2 N–H and O–H groups in total. The van der Waals surface area contributed by atoms with Gasteiger partial charge in [0.15, 0.2) is 5.65 Å². The van der Waals surface area contributed by atoms with Gasteiger partial charge in [0.25, 0.3) is 0 Å². The third-order valence-corrected chi connectivity index (χ3v) is 5.54. The minimum Gasteiger partial charge on any atom is -0.481 e. The molecule has 2 aliphatic heterocycles. The van der Waals surface area contributed by atoms with Gasteiger partial charge in [0, 0.05) is 38.4 Å². The molecule has 4 heterocycles. The Morgan fingerprint density at radius 1 is 1.42 bits per heavy atom. The number of imidazole rings is 1. The van der Waals surface area contributed by atoms with E-state index in [-0.39, 0.29) is 11.5 Å². The average molecular weight is 360 g/mol. The van der Waals surface area contributed by atoms with E-state index in [4.69, 9.17) is 9.84 Å². The van der Waals surface area contributed by atoms with E-state index in [1.807, 2.05) is 16.4 Å². The highest BCUT2D eigenvalue weighted by atomic mass is 16.5. The SMILES string of the molecule is CCn1c(N2C[C@@H]3COCC[C@]3(C(=O)O)C2)nc2cc(C(=O)O)cnc21. The number of aromatic nitrogens is 3. The molecule has 9 heteroatoms. The minimum atomic E-state index is -1.05. The number of hydrogen-bond acceptors (Lipinski definition) is 6. The van der Waals surface area contributed by atoms with Crippen LogP contribution < -0.4 is 4.90 Å². The van der Waals surface area contributed by atoms with E-state index in [2.05, 4.69) is 9.97 Å². The summed E-state index contributed by atoms with van der Waals surface area (Å²) in [6, 6.07) is 1.50. The molecule has 4 rings (SSSR count). The van der Waals surface area contributed by atoms with Gasteiger partial charge in [-0.2, -0.15) is 0 Å². The Balaban J connectivity index is 1.77. The van der Waals surface area contributed by atoms with E-state index in [0.29, 0.717) is 56.4 Å². The van der Waals surface area contributed by atoms with Gasteiger partial charge < -0.3 is 19.8 Å². The van der Waals surface area contributed by atoms with Crippen LogP contribution in [-0.2, 0) is 16.1 Å². The van der Waals surface area contributed by atoms with Crippen molar-refractivity contribution in [3.05, 3.63) is 17.8 Å². The Kier molecular flexibility index (Phi) is 3.83. The van der Waals surface area contributed by atoms with Gasteiger partial charge in [0.05, 0.1) is 17.6 Å². The summed E-state index contributed by atoms with van der Waals surface area (Å²) in [7, 11) is 0. The molecule has 2 atom stereocenters.